The summed E-state index contributed by atoms with van der Waals surface area (Å²) in [7, 11) is 0. The largest absolute Gasteiger partial charge is 0.394 e. The van der Waals surface area contributed by atoms with Crippen LogP contribution in [0, 0.1) is 0 Å². The second-order valence-corrected chi connectivity index (χ2v) is 2.97. The fraction of sp³-hybridized carbons (Fsp3) is 0. The van der Waals surface area contributed by atoms with E-state index in [0.717, 1.165) is 5.69 Å². The lowest BCUT2D eigenvalue weighted by atomic mass is 10.3. The Kier molecular flexibility index (Phi) is 2.07. The first-order chi connectivity index (χ1) is 6.79. The van der Waals surface area contributed by atoms with E-state index >= 15 is 0 Å². The summed E-state index contributed by atoms with van der Waals surface area (Å²) in [5, 5.41) is 0. The van der Waals surface area contributed by atoms with Crippen LogP contribution >= 0.6 is 0 Å². The van der Waals surface area contributed by atoms with Crippen molar-refractivity contribution in [2.45, 2.75) is 0 Å². The van der Waals surface area contributed by atoms with E-state index in [1.807, 2.05) is 30.3 Å². The fourth-order valence-electron chi connectivity index (χ4n) is 1.30. The Morgan fingerprint density at radius 2 is 1.71 bits per heavy atom. The van der Waals surface area contributed by atoms with Crippen LogP contribution in [0.15, 0.2) is 53.5 Å². The molecule has 0 aliphatic heterocycles. The first-order valence-corrected chi connectivity index (χ1v) is 4.31. The number of hydrogen-bond donors (Lipinski definition) is 1. The molecule has 70 valence electrons. The summed E-state index contributed by atoms with van der Waals surface area (Å²) < 4.78 is 1.52. The van der Waals surface area contributed by atoms with Gasteiger partial charge in [0.2, 0.25) is 0 Å². The third kappa shape index (κ3) is 1.40. The van der Waals surface area contributed by atoms with Crippen LogP contribution in [0.1, 0.15) is 0 Å². The minimum Gasteiger partial charge on any atom is -0.394 e. The zero-order valence-electron chi connectivity index (χ0n) is 7.55. The van der Waals surface area contributed by atoms with Gasteiger partial charge < -0.3 is 5.73 Å². The van der Waals surface area contributed by atoms with E-state index in [4.69, 9.17) is 5.73 Å². The molecule has 0 saturated heterocycles. The maximum Gasteiger partial charge on any atom is 0.278 e. The van der Waals surface area contributed by atoms with Crippen molar-refractivity contribution in [2.75, 3.05) is 5.73 Å². The van der Waals surface area contributed by atoms with Gasteiger partial charge in [-0.15, -0.1) is 0 Å². The molecule has 14 heavy (non-hydrogen) atoms. The monoisotopic (exact) mass is 186 g/mol. The fourth-order valence-corrected chi connectivity index (χ4v) is 1.30. The van der Waals surface area contributed by atoms with Gasteiger partial charge in [0.25, 0.3) is 5.56 Å². The smallest absolute Gasteiger partial charge is 0.278 e. The molecule has 0 aliphatic carbocycles. The average molecular weight is 186 g/mol. The van der Waals surface area contributed by atoms with E-state index in [-0.39, 0.29) is 11.2 Å². The van der Waals surface area contributed by atoms with Crippen molar-refractivity contribution in [2.24, 2.45) is 0 Å². The topological polar surface area (TPSA) is 48.0 Å². The van der Waals surface area contributed by atoms with Gasteiger partial charge in [0, 0.05) is 11.9 Å². The van der Waals surface area contributed by atoms with Crippen LogP contribution in [0.5, 0.6) is 0 Å². The summed E-state index contributed by atoms with van der Waals surface area (Å²) in [5.74, 6) is 0. The molecule has 3 heteroatoms. The summed E-state index contributed by atoms with van der Waals surface area (Å²) >= 11 is 0. The van der Waals surface area contributed by atoms with Gasteiger partial charge in [-0.1, -0.05) is 18.2 Å². The highest BCUT2D eigenvalue weighted by Crippen LogP contribution is 2.04. The average Bonchev–Trinajstić information content (AvgIpc) is 2.23. The number of pyridine rings is 1. The van der Waals surface area contributed by atoms with Crippen molar-refractivity contribution < 1.29 is 0 Å². The lowest BCUT2D eigenvalue weighted by Gasteiger charge is -2.04. The quantitative estimate of drug-likeness (QED) is 0.732. The Bertz CT molecular complexity index is 488. The Labute approximate surface area is 81.4 Å². The molecule has 0 spiro atoms. The van der Waals surface area contributed by atoms with E-state index in [2.05, 4.69) is 0 Å². The third-order valence-corrected chi connectivity index (χ3v) is 2.01. The van der Waals surface area contributed by atoms with E-state index in [1.165, 1.54) is 4.57 Å². The number of nitrogen functional groups attached to an aromatic ring is 1. The van der Waals surface area contributed by atoms with Crippen LogP contribution in [0.3, 0.4) is 0 Å². The zero-order chi connectivity index (χ0) is 9.97. The van der Waals surface area contributed by atoms with Gasteiger partial charge in [0.05, 0.1) is 5.69 Å². The molecule has 0 radical (unpaired) electrons. The van der Waals surface area contributed by atoms with Gasteiger partial charge in [-0.25, -0.2) is 0 Å². The van der Waals surface area contributed by atoms with Crippen molar-refractivity contribution >= 4 is 5.69 Å². The molecule has 2 rings (SSSR count). The predicted octanol–water partition coefficient (Wildman–Crippen LogP) is 1.42. The number of benzene rings is 1. The van der Waals surface area contributed by atoms with Gasteiger partial charge in [-0.2, -0.15) is 0 Å². The summed E-state index contributed by atoms with van der Waals surface area (Å²) in [5.41, 5.74) is 6.43. The minimum atomic E-state index is -0.182. The molecular weight excluding hydrogens is 176 g/mol. The van der Waals surface area contributed by atoms with Crippen LogP contribution < -0.4 is 11.3 Å². The number of rotatable bonds is 1. The molecule has 0 bridgehead atoms. The van der Waals surface area contributed by atoms with Crippen LogP contribution in [-0.4, -0.2) is 4.57 Å². The van der Waals surface area contributed by atoms with Gasteiger partial charge in [-0.05, 0) is 24.3 Å². The van der Waals surface area contributed by atoms with E-state index < -0.39 is 0 Å². The number of nitrogens with two attached hydrogens (primary N) is 1. The number of aromatic nitrogens is 1. The maximum absolute atomic E-state index is 11.6. The van der Waals surface area contributed by atoms with Crippen LogP contribution in [0.4, 0.5) is 5.69 Å². The zero-order valence-corrected chi connectivity index (χ0v) is 7.55. The van der Waals surface area contributed by atoms with Gasteiger partial charge >= 0.3 is 0 Å². The first kappa shape index (κ1) is 8.56. The molecule has 0 atom stereocenters. The standard InChI is InChI=1S/C11H10N2O/c12-10-7-4-8-13(11(10)14)9-5-2-1-3-6-9/h1-8H,12H2. The molecule has 0 unspecified atom stereocenters. The molecule has 0 amide bonds. The van der Waals surface area contributed by atoms with Crippen molar-refractivity contribution in [3.63, 3.8) is 0 Å². The molecule has 3 nitrogen and oxygen atoms in total. The first-order valence-electron chi connectivity index (χ1n) is 4.31. The molecule has 0 fully saturated rings. The van der Waals surface area contributed by atoms with E-state index in [9.17, 15) is 4.79 Å². The molecular formula is C11H10N2O. The number of hydrogen-bond acceptors (Lipinski definition) is 2. The third-order valence-electron chi connectivity index (χ3n) is 2.01. The highest BCUT2D eigenvalue weighted by atomic mass is 16.1. The van der Waals surface area contributed by atoms with Gasteiger partial charge in [0.15, 0.2) is 0 Å². The van der Waals surface area contributed by atoms with E-state index in [0.29, 0.717) is 0 Å². The van der Waals surface area contributed by atoms with Gasteiger partial charge in [0.1, 0.15) is 0 Å². The maximum atomic E-state index is 11.6. The molecule has 1 heterocycles. The number of para-hydroxylation sites is 1. The molecule has 0 aliphatic rings. The summed E-state index contributed by atoms with van der Waals surface area (Å²) in [6, 6.07) is 12.7. The minimum absolute atomic E-state index is 0.182. The molecule has 1 aromatic carbocycles. The summed E-state index contributed by atoms with van der Waals surface area (Å²) in [4.78, 5) is 11.6. The highest BCUT2D eigenvalue weighted by Gasteiger charge is 1.99. The summed E-state index contributed by atoms with van der Waals surface area (Å²) in [6.07, 6.45) is 1.70. The molecule has 1 aromatic heterocycles. The van der Waals surface area contributed by atoms with Crippen molar-refractivity contribution in [1.82, 2.24) is 4.57 Å². The molecule has 2 aromatic rings. The van der Waals surface area contributed by atoms with Crippen molar-refractivity contribution in [1.29, 1.82) is 0 Å². The number of anilines is 1. The summed E-state index contributed by atoms with van der Waals surface area (Å²) in [6.45, 7) is 0. The van der Waals surface area contributed by atoms with Crippen LogP contribution in [0.2, 0.25) is 0 Å². The SMILES string of the molecule is Nc1cccn(-c2ccccc2)c1=O. The van der Waals surface area contributed by atoms with Gasteiger partial charge in [-0.3, -0.25) is 9.36 Å². The Hall–Kier alpha value is -2.03. The molecule has 2 N–H and O–H groups in total. The second-order valence-electron chi connectivity index (χ2n) is 2.97. The van der Waals surface area contributed by atoms with Crippen LogP contribution in [-0.2, 0) is 0 Å². The Balaban J connectivity index is 2.64. The Morgan fingerprint density at radius 3 is 2.43 bits per heavy atom. The van der Waals surface area contributed by atoms with Crippen LogP contribution in [0.25, 0.3) is 5.69 Å². The Morgan fingerprint density at radius 1 is 1.00 bits per heavy atom. The molecule has 0 saturated carbocycles. The normalized spacial score (nSPS) is 10.0. The second kappa shape index (κ2) is 3.38. The van der Waals surface area contributed by atoms with E-state index in [1.54, 1.807) is 18.3 Å². The lowest BCUT2D eigenvalue weighted by Crippen LogP contribution is -2.20. The lowest BCUT2D eigenvalue weighted by molar-refractivity contribution is 0.995. The predicted molar refractivity (Wildman–Crippen MR) is 56.5 cm³/mol. The number of nitrogens with zero attached hydrogens (tertiary/aromatic N) is 1. The van der Waals surface area contributed by atoms with Crippen molar-refractivity contribution in [3.05, 3.63) is 59.0 Å². The van der Waals surface area contributed by atoms with Crippen molar-refractivity contribution in [3.8, 4) is 5.69 Å². The highest BCUT2D eigenvalue weighted by molar-refractivity contribution is 5.39.